The zero-order valence-electron chi connectivity index (χ0n) is 17.0. The van der Waals surface area contributed by atoms with Crippen LogP contribution in [0.5, 0.6) is 0 Å². The number of hydrogen-bond donors (Lipinski definition) is 1. The van der Waals surface area contributed by atoms with Gasteiger partial charge >= 0.3 is 0 Å². The van der Waals surface area contributed by atoms with E-state index in [4.69, 9.17) is 5.11 Å². The van der Waals surface area contributed by atoms with Crippen molar-refractivity contribution in [2.24, 2.45) is 4.99 Å². The second kappa shape index (κ2) is 16.9. The molecule has 0 bridgehead atoms. The molecule has 0 saturated heterocycles. The van der Waals surface area contributed by atoms with Crippen LogP contribution in [0.15, 0.2) is 4.99 Å². The van der Waals surface area contributed by atoms with E-state index < -0.39 is 0 Å². The summed E-state index contributed by atoms with van der Waals surface area (Å²) in [5.41, 5.74) is 0. The van der Waals surface area contributed by atoms with Gasteiger partial charge in [0, 0.05) is 19.5 Å². The van der Waals surface area contributed by atoms with Crippen LogP contribution in [0.2, 0.25) is 0 Å². The number of aliphatic imine (C=N–C) groups is 1. The van der Waals surface area contributed by atoms with Gasteiger partial charge in [0.25, 0.3) is 0 Å². The topological polar surface area (TPSA) is 35.8 Å². The van der Waals surface area contributed by atoms with E-state index in [-0.39, 0.29) is 6.61 Å². The molecule has 0 fully saturated rings. The van der Waals surface area contributed by atoms with Gasteiger partial charge in [0.15, 0.2) is 0 Å². The van der Waals surface area contributed by atoms with Crippen molar-refractivity contribution in [1.29, 1.82) is 0 Å². The first-order chi connectivity index (χ1) is 12.4. The molecule has 0 radical (unpaired) electrons. The number of aliphatic hydroxyl groups is 1. The molecule has 1 aliphatic heterocycles. The summed E-state index contributed by atoms with van der Waals surface area (Å²) in [4.78, 5) is 6.85. The molecule has 3 heteroatoms. The van der Waals surface area contributed by atoms with E-state index in [1.807, 2.05) is 0 Å². The van der Waals surface area contributed by atoms with Crippen LogP contribution in [-0.2, 0) is 0 Å². The second-order valence-electron chi connectivity index (χ2n) is 7.71. The van der Waals surface area contributed by atoms with Gasteiger partial charge in [-0.25, -0.2) is 0 Å². The minimum atomic E-state index is 0.230. The van der Waals surface area contributed by atoms with Crippen LogP contribution in [0.4, 0.5) is 0 Å². The monoisotopic (exact) mass is 352 g/mol. The van der Waals surface area contributed by atoms with Gasteiger partial charge in [0.05, 0.1) is 13.2 Å². The van der Waals surface area contributed by atoms with Crippen LogP contribution < -0.4 is 0 Å². The third-order valence-electron chi connectivity index (χ3n) is 5.40. The van der Waals surface area contributed by atoms with E-state index in [1.165, 1.54) is 96.3 Å². The fourth-order valence-corrected chi connectivity index (χ4v) is 3.78. The van der Waals surface area contributed by atoms with E-state index in [0.717, 1.165) is 31.9 Å². The van der Waals surface area contributed by atoms with E-state index >= 15 is 0 Å². The number of aliphatic hydroxyl groups excluding tert-OH is 1. The summed E-state index contributed by atoms with van der Waals surface area (Å²) in [7, 11) is 0. The molecule has 0 saturated carbocycles. The SMILES string of the molecule is CCCCCCCCCCCCCCCCCN1CCN=C1CCO. The van der Waals surface area contributed by atoms with Crippen LogP contribution in [0.1, 0.15) is 110 Å². The Morgan fingerprint density at radius 3 is 1.72 bits per heavy atom. The van der Waals surface area contributed by atoms with Crippen LogP contribution in [0.3, 0.4) is 0 Å². The van der Waals surface area contributed by atoms with Gasteiger partial charge in [-0.1, -0.05) is 96.8 Å². The third-order valence-corrected chi connectivity index (χ3v) is 5.40. The van der Waals surface area contributed by atoms with Gasteiger partial charge in [-0.05, 0) is 6.42 Å². The minimum Gasteiger partial charge on any atom is -0.396 e. The molecule has 0 aromatic heterocycles. The highest BCUT2D eigenvalue weighted by Gasteiger charge is 2.14. The average molecular weight is 353 g/mol. The standard InChI is InChI=1S/C22H44N2O/c1-2-3-4-5-6-7-8-9-10-11-12-13-14-15-16-19-24-20-18-23-22(24)17-21-25/h25H,2-21H2,1H3. The Labute approximate surface area is 157 Å². The molecule has 0 atom stereocenters. The zero-order valence-corrected chi connectivity index (χ0v) is 17.0. The van der Waals surface area contributed by atoms with Crippen molar-refractivity contribution >= 4 is 5.84 Å². The minimum absolute atomic E-state index is 0.230. The lowest BCUT2D eigenvalue weighted by atomic mass is 10.0. The maximum atomic E-state index is 9.04. The summed E-state index contributed by atoms with van der Waals surface area (Å²) in [5.74, 6) is 1.13. The summed E-state index contributed by atoms with van der Waals surface area (Å²) in [5, 5.41) is 9.04. The van der Waals surface area contributed by atoms with E-state index in [0.29, 0.717) is 0 Å². The lowest BCUT2D eigenvalue weighted by Gasteiger charge is -2.19. The molecule has 0 aliphatic carbocycles. The first-order valence-corrected chi connectivity index (χ1v) is 11.3. The number of unbranched alkanes of at least 4 members (excludes halogenated alkanes) is 14. The lowest BCUT2D eigenvalue weighted by Crippen LogP contribution is -2.29. The molecule has 1 heterocycles. The van der Waals surface area contributed by atoms with Crippen LogP contribution in [-0.4, -0.2) is 42.1 Å². The molecule has 0 aromatic carbocycles. The molecule has 0 spiro atoms. The van der Waals surface area contributed by atoms with Crippen molar-refractivity contribution in [2.45, 2.75) is 110 Å². The quantitative estimate of drug-likeness (QED) is 0.309. The van der Waals surface area contributed by atoms with Crippen molar-refractivity contribution in [3.05, 3.63) is 0 Å². The normalized spacial score (nSPS) is 14.3. The summed E-state index contributed by atoms with van der Waals surface area (Å²) in [6.45, 7) is 5.64. The zero-order chi connectivity index (χ0) is 18.0. The summed E-state index contributed by atoms with van der Waals surface area (Å²) in [6.07, 6.45) is 22.0. The summed E-state index contributed by atoms with van der Waals surface area (Å²) >= 11 is 0. The van der Waals surface area contributed by atoms with Gasteiger partial charge in [0.2, 0.25) is 0 Å². The first kappa shape index (κ1) is 22.5. The molecule has 3 nitrogen and oxygen atoms in total. The van der Waals surface area contributed by atoms with E-state index in [2.05, 4.69) is 16.8 Å². The van der Waals surface area contributed by atoms with Crippen molar-refractivity contribution in [2.75, 3.05) is 26.2 Å². The van der Waals surface area contributed by atoms with Crippen molar-refractivity contribution < 1.29 is 5.11 Å². The Morgan fingerprint density at radius 2 is 1.24 bits per heavy atom. The molecule has 148 valence electrons. The Morgan fingerprint density at radius 1 is 0.760 bits per heavy atom. The van der Waals surface area contributed by atoms with Crippen LogP contribution in [0.25, 0.3) is 0 Å². The number of rotatable bonds is 18. The van der Waals surface area contributed by atoms with Gasteiger partial charge in [-0.3, -0.25) is 4.99 Å². The van der Waals surface area contributed by atoms with Crippen LogP contribution >= 0.6 is 0 Å². The molecule has 0 amide bonds. The molecule has 1 aliphatic rings. The molecular formula is C22H44N2O. The predicted octanol–water partition coefficient (Wildman–Crippen LogP) is 5.95. The summed E-state index contributed by atoms with van der Waals surface area (Å²) in [6, 6.07) is 0. The smallest absolute Gasteiger partial charge is 0.101 e. The van der Waals surface area contributed by atoms with E-state index in [1.54, 1.807) is 0 Å². The molecule has 1 rings (SSSR count). The summed E-state index contributed by atoms with van der Waals surface area (Å²) < 4.78 is 0. The van der Waals surface area contributed by atoms with Crippen molar-refractivity contribution in [1.82, 2.24) is 4.90 Å². The van der Waals surface area contributed by atoms with Crippen molar-refractivity contribution in [3.8, 4) is 0 Å². The largest absolute Gasteiger partial charge is 0.396 e. The molecule has 0 unspecified atom stereocenters. The van der Waals surface area contributed by atoms with Gasteiger partial charge in [0.1, 0.15) is 5.84 Å². The maximum Gasteiger partial charge on any atom is 0.101 e. The Balaban J connectivity index is 1.76. The lowest BCUT2D eigenvalue weighted by molar-refractivity contribution is 0.300. The third kappa shape index (κ3) is 12.4. The van der Waals surface area contributed by atoms with Gasteiger partial charge in [-0.2, -0.15) is 0 Å². The number of amidine groups is 1. The second-order valence-corrected chi connectivity index (χ2v) is 7.71. The average Bonchev–Trinajstić information content (AvgIpc) is 3.06. The first-order valence-electron chi connectivity index (χ1n) is 11.3. The van der Waals surface area contributed by atoms with Gasteiger partial charge in [-0.15, -0.1) is 0 Å². The molecule has 1 N–H and O–H groups in total. The van der Waals surface area contributed by atoms with Gasteiger partial charge < -0.3 is 10.0 Å². The van der Waals surface area contributed by atoms with Crippen LogP contribution in [0, 0.1) is 0 Å². The fourth-order valence-electron chi connectivity index (χ4n) is 3.78. The highest BCUT2D eigenvalue weighted by Crippen LogP contribution is 2.14. The maximum absolute atomic E-state index is 9.04. The highest BCUT2D eigenvalue weighted by molar-refractivity contribution is 5.83. The number of hydrogen-bond acceptors (Lipinski definition) is 3. The Kier molecular flexibility index (Phi) is 15.2. The fraction of sp³-hybridized carbons (Fsp3) is 0.955. The Hall–Kier alpha value is -0.570. The molecule has 25 heavy (non-hydrogen) atoms. The predicted molar refractivity (Wildman–Crippen MR) is 111 cm³/mol. The Bertz CT molecular complexity index is 317. The molecular weight excluding hydrogens is 308 g/mol. The van der Waals surface area contributed by atoms with Crippen molar-refractivity contribution in [3.63, 3.8) is 0 Å². The molecule has 0 aromatic rings. The number of nitrogens with zero attached hydrogens (tertiary/aromatic N) is 2. The highest BCUT2D eigenvalue weighted by atomic mass is 16.3. The van der Waals surface area contributed by atoms with E-state index in [9.17, 15) is 0 Å².